The lowest BCUT2D eigenvalue weighted by atomic mass is 9.73. The summed E-state index contributed by atoms with van der Waals surface area (Å²) < 4.78 is 13.4. The van der Waals surface area contributed by atoms with Crippen LogP contribution in [0.5, 0.6) is 0 Å². The Morgan fingerprint density at radius 3 is 2.84 bits per heavy atom. The summed E-state index contributed by atoms with van der Waals surface area (Å²) >= 11 is 0. The van der Waals surface area contributed by atoms with Crippen molar-refractivity contribution in [1.82, 2.24) is 5.32 Å². The second kappa shape index (κ2) is 5.71. The predicted molar refractivity (Wildman–Crippen MR) is 74.0 cm³/mol. The minimum atomic E-state index is -0.334. The fourth-order valence-electron chi connectivity index (χ4n) is 2.93. The molecule has 2 rings (SSSR count). The van der Waals surface area contributed by atoms with Crippen LogP contribution in [-0.2, 0) is 6.54 Å². The Morgan fingerprint density at radius 2 is 2.16 bits per heavy atom. The van der Waals surface area contributed by atoms with Gasteiger partial charge in [-0.2, -0.15) is 5.26 Å². The Hall–Kier alpha value is -1.40. The summed E-state index contributed by atoms with van der Waals surface area (Å²) in [7, 11) is 0. The standard InChI is InChI=1S/C16H21FN2/c1-16(2)6-4-3-5-15(16)19-11-13-7-12(10-18)8-14(17)9-13/h7-9,15,19H,3-6,11H2,1-2H3. The van der Waals surface area contributed by atoms with Gasteiger partial charge in [0.2, 0.25) is 0 Å². The van der Waals surface area contributed by atoms with E-state index in [1.54, 1.807) is 6.07 Å². The highest BCUT2D eigenvalue weighted by molar-refractivity contribution is 5.33. The van der Waals surface area contributed by atoms with E-state index >= 15 is 0 Å². The zero-order valence-electron chi connectivity index (χ0n) is 11.7. The van der Waals surface area contributed by atoms with Crippen LogP contribution in [0.3, 0.4) is 0 Å². The lowest BCUT2D eigenvalue weighted by Gasteiger charge is -2.39. The molecule has 0 amide bonds. The van der Waals surface area contributed by atoms with Crippen molar-refractivity contribution in [2.24, 2.45) is 5.41 Å². The summed E-state index contributed by atoms with van der Waals surface area (Å²) in [4.78, 5) is 0. The van der Waals surface area contributed by atoms with Gasteiger partial charge in [0.25, 0.3) is 0 Å². The first-order chi connectivity index (χ1) is 9.01. The van der Waals surface area contributed by atoms with Gasteiger partial charge in [-0.25, -0.2) is 4.39 Å². The quantitative estimate of drug-likeness (QED) is 0.898. The topological polar surface area (TPSA) is 35.8 Å². The molecule has 1 saturated carbocycles. The van der Waals surface area contributed by atoms with Crippen LogP contribution >= 0.6 is 0 Å². The molecule has 0 aromatic heterocycles. The molecule has 102 valence electrons. The van der Waals surface area contributed by atoms with E-state index in [4.69, 9.17) is 5.26 Å². The van der Waals surface area contributed by atoms with Crippen molar-refractivity contribution in [3.05, 3.63) is 35.1 Å². The average molecular weight is 260 g/mol. The lowest BCUT2D eigenvalue weighted by molar-refractivity contribution is 0.166. The smallest absolute Gasteiger partial charge is 0.124 e. The molecule has 1 aromatic rings. The molecule has 19 heavy (non-hydrogen) atoms. The number of benzene rings is 1. The molecule has 1 N–H and O–H groups in total. The van der Waals surface area contributed by atoms with Crippen molar-refractivity contribution < 1.29 is 4.39 Å². The Balaban J connectivity index is 2.02. The number of nitrogens with zero attached hydrogens (tertiary/aromatic N) is 1. The highest BCUT2D eigenvalue weighted by Gasteiger charge is 2.31. The maximum absolute atomic E-state index is 13.4. The third-order valence-electron chi connectivity index (χ3n) is 4.15. The molecule has 1 aliphatic carbocycles. The van der Waals surface area contributed by atoms with Crippen molar-refractivity contribution in [2.75, 3.05) is 0 Å². The molecule has 0 aliphatic heterocycles. The summed E-state index contributed by atoms with van der Waals surface area (Å²) in [6.07, 6.45) is 4.96. The summed E-state index contributed by atoms with van der Waals surface area (Å²) in [5, 5.41) is 12.4. The van der Waals surface area contributed by atoms with Crippen LogP contribution < -0.4 is 5.32 Å². The Kier molecular flexibility index (Phi) is 4.21. The number of rotatable bonds is 3. The average Bonchev–Trinajstić information content (AvgIpc) is 2.36. The second-order valence-electron chi connectivity index (χ2n) is 6.13. The van der Waals surface area contributed by atoms with Gasteiger partial charge in [0, 0.05) is 12.6 Å². The molecule has 1 unspecified atom stereocenters. The van der Waals surface area contributed by atoms with Gasteiger partial charge in [0.05, 0.1) is 11.6 Å². The van der Waals surface area contributed by atoms with E-state index < -0.39 is 0 Å². The zero-order valence-corrected chi connectivity index (χ0v) is 11.7. The van der Waals surface area contributed by atoms with E-state index in [1.165, 1.54) is 37.8 Å². The molecule has 0 heterocycles. The van der Waals surface area contributed by atoms with Gasteiger partial charge in [0.1, 0.15) is 5.82 Å². The zero-order chi connectivity index (χ0) is 13.9. The molecule has 1 aliphatic rings. The first kappa shape index (κ1) is 14.0. The molecule has 0 spiro atoms. The van der Waals surface area contributed by atoms with Gasteiger partial charge >= 0.3 is 0 Å². The fourth-order valence-corrected chi connectivity index (χ4v) is 2.93. The Morgan fingerprint density at radius 1 is 1.37 bits per heavy atom. The van der Waals surface area contributed by atoms with Gasteiger partial charge in [-0.3, -0.25) is 0 Å². The van der Waals surface area contributed by atoms with E-state index in [1.807, 2.05) is 6.07 Å². The van der Waals surface area contributed by atoms with E-state index in [0.717, 1.165) is 5.56 Å². The second-order valence-corrected chi connectivity index (χ2v) is 6.13. The van der Waals surface area contributed by atoms with Crippen molar-refractivity contribution in [3.63, 3.8) is 0 Å². The minimum absolute atomic E-state index is 0.295. The summed E-state index contributed by atoms with van der Waals surface area (Å²) in [5.41, 5.74) is 1.53. The van der Waals surface area contributed by atoms with Crippen LogP contribution in [0.15, 0.2) is 18.2 Å². The highest BCUT2D eigenvalue weighted by Crippen LogP contribution is 2.35. The molecule has 0 saturated heterocycles. The Labute approximate surface area is 114 Å². The summed E-state index contributed by atoms with van der Waals surface area (Å²) in [6, 6.07) is 6.99. The summed E-state index contributed by atoms with van der Waals surface area (Å²) in [6.45, 7) is 5.20. The molecule has 3 heteroatoms. The van der Waals surface area contributed by atoms with Gasteiger partial charge in [-0.05, 0) is 42.0 Å². The minimum Gasteiger partial charge on any atom is -0.309 e. The van der Waals surface area contributed by atoms with Gasteiger partial charge < -0.3 is 5.32 Å². The van der Waals surface area contributed by atoms with Crippen LogP contribution in [0.1, 0.15) is 50.7 Å². The first-order valence-corrected chi connectivity index (χ1v) is 6.94. The van der Waals surface area contributed by atoms with Crippen LogP contribution in [0.2, 0.25) is 0 Å². The number of halogens is 1. The van der Waals surface area contributed by atoms with Crippen molar-refractivity contribution in [1.29, 1.82) is 5.26 Å². The molecule has 2 nitrogen and oxygen atoms in total. The summed E-state index contributed by atoms with van der Waals surface area (Å²) in [5.74, 6) is -0.334. The SMILES string of the molecule is CC1(C)CCCCC1NCc1cc(F)cc(C#N)c1. The maximum Gasteiger partial charge on any atom is 0.124 e. The van der Waals surface area contributed by atoms with Crippen LogP contribution in [-0.4, -0.2) is 6.04 Å². The molecule has 1 atom stereocenters. The van der Waals surface area contributed by atoms with E-state index in [0.29, 0.717) is 23.6 Å². The van der Waals surface area contributed by atoms with E-state index in [9.17, 15) is 4.39 Å². The predicted octanol–water partition coefficient (Wildman–Crippen LogP) is 3.76. The molecular formula is C16H21FN2. The van der Waals surface area contributed by atoms with E-state index in [-0.39, 0.29) is 5.82 Å². The highest BCUT2D eigenvalue weighted by atomic mass is 19.1. The van der Waals surface area contributed by atoms with Crippen molar-refractivity contribution >= 4 is 0 Å². The third-order valence-corrected chi connectivity index (χ3v) is 4.15. The molecular weight excluding hydrogens is 239 g/mol. The van der Waals surface area contributed by atoms with Crippen LogP contribution in [0, 0.1) is 22.6 Å². The van der Waals surface area contributed by atoms with Gasteiger partial charge in [0.15, 0.2) is 0 Å². The molecule has 1 aromatic carbocycles. The van der Waals surface area contributed by atoms with Crippen molar-refractivity contribution in [2.45, 2.75) is 52.1 Å². The van der Waals surface area contributed by atoms with E-state index in [2.05, 4.69) is 19.2 Å². The number of hydrogen-bond donors (Lipinski definition) is 1. The lowest BCUT2D eigenvalue weighted by Crippen LogP contribution is -2.43. The third kappa shape index (κ3) is 3.54. The number of nitriles is 1. The molecule has 1 fully saturated rings. The van der Waals surface area contributed by atoms with Gasteiger partial charge in [-0.1, -0.05) is 26.7 Å². The van der Waals surface area contributed by atoms with Gasteiger partial charge in [-0.15, -0.1) is 0 Å². The monoisotopic (exact) mass is 260 g/mol. The Bertz CT molecular complexity index is 488. The molecule has 0 radical (unpaired) electrons. The first-order valence-electron chi connectivity index (χ1n) is 6.94. The maximum atomic E-state index is 13.4. The molecule has 0 bridgehead atoms. The van der Waals surface area contributed by atoms with Crippen LogP contribution in [0.4, 0.5) is 4.39 Å². The van der Waals surface area contributed by atoms with Crippen molar-refractivity contribution in [3.8, 4) is 6.07 Å². The number of hydrogen-bond acceptors (Lipinski definition) is 2. The number of nitrogens with one attached hydrogen (secondary N) is 1. The largest absolute Gasteiger partial charge is 0.309 e. The fraction of sp³-hybridized carbons (Fsp3) is 0.562. The van der Waals surface area contributed by atoms with Crippen LogP contribution in [0.25, 0.3) is 0 Å². The normalized spacial score (nSPS) is 21.9.